The summed E-state index contributed by atoms with van der Waals surface area (Å²) >= 11 is 0.830. The fourth-order valence-electron chi connectivity index (χ4n) is 15.1. The number of carbonyl (C=O) groups excluding carboxylic acids is 15. The van der Waals surface area contributed by atoms with E-state index in [1.165, 1.54) is 93.6 Å². The highest BCUT2D eigenvalue weighted by Crippen LogP contribution is 2.25. The first-order chi connectivity index (χ1) is 61.9. The van der Waals surface area contributed by atoms with E-state index >= 15 is 38.4 Å². The predicted molar refractivity (Wildman–Crippen MR) is 488 cm³/mol. The van der Waals surface area contributed by atoms with E-state index in [-0.39, 0.29) is 74.5 Å². The number of fused-ring (bicyclic) bond motifs is 1. The summed E-state index contributed by atoms with van der Waals surface area (Å²) in [7, 11) is 6.55. The molecule has 0 aromatic heterocycles. The van der Waals surface area contributed by atoms with Gasteiger partial charge in [-0.1, -0.05) is 205 Å². The van der Waals surface area contributed by atoms with Gasteiger partial charge in [-0.2, -0.15) is 0 Å². The molecule has 8 rings (SSSR count). The maximum Gasteiger partial charge on any atom is 0.305 e. The second-order valence-electron chi connectivity index (χ2n) is 33.3. The van der Waals surface area contributed by atoms with Crippen molar-refractivity contribution < 1.29 is 92.0 Å². The molecule has 15 amide bonds. The molecule has 1 aliphatic heterocycles. The quantitative estimate of drug-likeness (QED) is 0.0438. The Morgan fingerprint density at radius 3 is 1.42 bits per heavy atom. The zero-order chi connectivity index (χ0) is 95.0. The number of benzene rings is 7. The number of nitrogens with two attached hydrogens (primary N) is 1. The lowest BCUT2D eigenvalue weighted by atomic mass is 9.97. The van der Waals surface area contributed by atoms with Gasteiger partial charge in [0.15, 0.2) is 0 Å². The molecule has 1 unspecified atom stereocenters. The van der Waals surface area contributed by atoms with Crippen LogP contribution < -0.4 is 53.6 Å². The van der Waals surface area contributed by atoms with E-state index in [4.69, 9.17) is 5.73 Å². The second-order valence-corrected chi connectivity index (χ2v) is 34.4. The van der Waals surface area contributed by atoms with Gasteiger partial charge in [-0.25, -0.2) is 0 Å². The number of carboxylic acid groups (broad SMARTS) is 1. The predicted octanol–water partition coefficient (Wildman–Crippen LogP) is 3.00. The summed E-state index contributed by atoms with van der Waals surface area (Å²) in [6.07, 6.45) is -1.52. The molecule has 11 atom stereocenters. The molecule has 0 saturated carbocycles. The minimum absolute atomic E-state index is 0.0300. The molecule has 1 aliphatic rings. The lowest BCUT2D eigenvalue weighted by Crippen LogP contribution is -2.61. The third kappa shape index (κ3) is 30.8. The Morgan fingerprint density at radius 2 is 0.877 bits per heavy atom. The van der Waals surface area contributed by atoms with Gasteiger partial charge in [0, 0.05) is 79.5 Å². The van der Waals surface area contributed by atoms with Crippen molar-refractivity contribution >= 4 is 117 Å². The number of primary amides is 1. The first-order valence-corrected chi connectivity index (χ1v) is 44.2. The van der Waals surface area contributed by atoms with Crippen molar-refractivity contribution in [3.05, 3.63) is 215 Å². The van der Waals surface area contributed by atoms with Crippen LogP contribution in [-0.4, -0.2) is 267 Å². The minimum atomic E-state index is -1.91. The van der Waals surface area contributed by atoms with Crippen molar-refractivity contribution in [2.24, 2.45) is 17.6 Å². The molecule has 7 aromatic rings. The van der Waals surface area contributed by atoms with Crippen molar-refractivity contribution in [1.82, 2.24) is 72.4 Å². The van der Waals surface area contributed by atoms with Crippen molar-refractivity contribution in [2.75, 3.05) is 66.4 Å². The van der Waals surface area contributed by atoms with Gasteiger partial charge in [-0.3, -0.25) is 76.7 Å². The third-order valence-corrected chi connectivity index (χ3v) is 23.3. The normalized spacial score (nSPS) is 21.8. The van der Waals surface area contributed by atoms with Crippen LogP contribution in [0.3, 0.4) is 0 Å². The Morgan fingerprint density at radius 1 is 0.438 bits per heavy atom. The highest BCUT2D eigenvalue weighted by molar-refractivity contribution is 8.00. The topological polar surface area (TPSA) is 484 Å². The maximum absolute atomic E-state index is 15.5. The number of aliphatic carboxylic acids is 1. The molecule has 34 nitrogen and oxygen atoms in total. The maximum atomic E-state index is 15.5. The molecule has 1 fully saturated rings. The Bertz CT molecular complexity index is 5110. The summed E-state index contributed by atoms with van der Waals surface area (Å²) < 4.78 is 0. The van der Waals surface area contributed by atoms with Crippen molar-refractivity contribution in [1.29, 1.82) is 0 Å². The molecule has 130 heavy (non-hydrogen) atoms. The molecule has 0 aliphatic carbocycles. The number of phenols is 2. The highest BCUT2D eigenvalue weighted by Gasteiger charge is 2.42. The number of nitrogens with one attached hydrogen (secondary N) is 9. The largest absolute Gasteiger partial charge is 0.508 e. The van der Waals surface area contributed by atoms with Gasteiger partial charge in [0.1, 0.15) is 78.0 Å². The average molecular weight is 1810 g/mol. The number of thioether (sulfide) groups is 1. The number of aromatic hydroxyl groups is 2. The lowest BCUT2D eigenvalue weighted by Gasteiger charge is -2.37. The second kappa shape index (κ2) is 49.6. The zero-order valence-electron chi connectivity index (χ0n) is 74.7. The number of phenolic OH excluding ortho intramolecular Hbond substituents is 2. The van der Waals surface area contributed by atoms with Gasteiger partial charge in [-0.05, 0) is 93.1 Å². The summed E-state index contributed by atoms with van der Waals surface area (Å²) in [5, 5.41) is 56.5. The molecular weight excluding hydrogens is 1690 g/mol. The molecule has 0 spiro atoms. The van der Waals surface area contributed by atoms with Gasteiger partial charge in [-0.15, -0.1) is 11.8 Å². The van der Waals surface area contributed by atoms with Crippen LogP contribution in [-0.2, 0) is 115 Å². The SMILES string of the molecule is CCCC[C@H]1C(=O)N(C)CC(=O)N[C@@H](CC(=O)O)C(=O)NC(C(C)C)C(=O)N(C)[C@@H](Cc2ccccc2)C(=O)N[C@@H](Cc2ccc(O)cc2)C(=O)N(C)CC(=O)N[C@@H](Cc2cccc3ccccc23)C(=O)N[C@@H](Cc2ccc(O)cc2)C(=O)N[C@@H](CC(C)C)C(=O)N[C@H](C(=O)NCC(N)=O)CSCC(=O)N[C@@H](Cc2ccccc2)C(=O)N(C)[C@@H](Cc2ccccc2)C(=O)N1C. The van der Waals surface area contributed by atoms with Crippen molar-refractivity contribution in [2.45, 2.75) is 172 Å². The van der Waals surface area contributed by atoms with E-state index in [0.717, 1.165) is 31.8 Å². The van der Waals surface area contributed by atoms with Crippen LogP contribution in [0.4, 0.5) is 0 Å². The first kappa shape index (κ1) is 102. The van der Waals surface area contributed by atoms with E-state index in [9.17, 15) is 53.7 Å². The molecule has 0 radical (unpaired) electrons. The molecular formula is C95H119N15O19S. The summed E-state index contributed by atoms with van der Waals surface area (Å²) in [5.41, 5.74) is 8.51. The summed E-state index contributed by atoms with van der Waals surface area (Å²) in [4.78, 5) is 241. The van der Waals surface area contributed by atoms with Gasteiger partial charge in [0.05, 0.1) is 31.8 Å². The van der Waals surface area contributed by atoms with Gasteiger partial charge < -0.3 is 93.4 Å². The molecule has 0 bridgehead atoms. The minimum Gasteiger partial charge on any atom is -0.508 e. The van der Waals surface area contributed by atoms with Crippen LogP contribution in [0.25, 0.3) is 10.8 Å². The zero-order valence-corrected chi connectivity index (χ0v) is 75.6. The van der Waals surface area contributed by atoms with Crippen LogP contribution in [0.5, 0.6) is 11.5 Å². The van der Waals surface area contributed by atoms with Crippen LogP contribution >= 0.6 is 11.8 Å². The summed E-state index contributed by atoms with van der Waals surface area (Å²) in [6.45, 7) is 6.18. The van der Waals surface area contributed by atoms with E-state index in [2.05, 4.69) is 47.9 Å². The fraction of sp³-hybridized carbons (Fsp3) is 0.411. The van der Waals surface area contributed by atoms with E-state index in [1.807, 2.05) is 19.1 Å². The van der Waals surface area contributed by atoms with E-state index in [1.54, 1.807) is 149 Å². The number of carbonyl (C=O) groups is 16. The number of hydrogen-bond donors (Lipinski definition) is 13. The molecule has 35 heteroatoms. The summed E-state index contributed by atoms with van der Waals surface area (Å²) in [5.74, 6) is -17.4. The number of nitrogens with zero attached hydrogens (tertiary/aromatic N) is 5. The van der Waals surface area contributed by atoms with Crippen LogP contribution in [0.15, 0.2) is 182 Å². The Kier molecular flexibility index (Phi) is 38.8. The van der Waals surface area contributed by atoms with Crippen LogP contribution in [0, 0.1) is 11.8 Å². The number of rotatable bonds is 23. The molecule has 1 heterocycles. The Labute approximate surface area is 760 Å². The average Bonchev–Trinajstić information content (AvgIpc) is 0.835. The van der Waals surface area contributed by atoms with E-state index < -0.39 is 199 Å². The van der Waals surface area contributed by atoms with Gasteiger partial charge in [0.2, 0.25) is 88.6 Å². The van der Waals surface area contributed by atoms with Gasteiger partial charge >= 0.3 is 5.97 Å². The standard InChI is InChI=1S/C95H119N15O19S/c1-11-12-35-76-93(127)107(7)54-81(115)99-72(51-83(117)118)89(123)105-84(58(4)5)95(129)109(9)77(48-60-27-18-14-19-28-60)90(124)103-73(47-63-38-42-67(112)43-39-63)91(125)106(6)53-80(114)98-71(50-65-33-24-32-64-31-22-23-34-68(64)65)88(122)102-70(45-62-36-40-66(111)41-37-62)87(121)101-69(44-57(2)3)86(120)104-75(85(119)97-52-79(96)113)55-130-56-82(116)100-74(46-59-25-16-13-17-26-59)92(126)110(10)78(94(128)108(76)8)49-61-29-20-15-21-30-61/h13-34,36-43,57-58,69-78,84,111-112H,11-12,35,44-56H2,1-10H3,(H2,96,113)(H,97,119)(H,98,114)(H,99,115)(H,100,116)(H,101,121)(H,102,122)(H,103,124)(H,104,120)(H,105,123)(H,117,118)/t69-,70-,71-,72-,73-,74-,75-,76-,77-,78-,84?/m0/s1. The smallest absolute Gasteiger partial charge is 0.305 e. The third-order valence-electron chi connectivity index (χ3n) is 22.3. The number of amides is 15. The first-order valence-electron chi connectivity index (χ1n) is 43.1. The van der Waals surface area contributed by atoms with Gasteiger partial charge in [0.25, 0.3) is 0 Å². The molecule has 694 valence electrons. The molecule has 7 aromatic carbocycles. The monoisotopic (exact) mass is 1810 g/mol. The number of hydrogen-bond acceptors (Lipinski definition) is 19. The molecule has 14 N–H and O–H groups in total. The van der Waals surface area contributed by atoms with E-state index in [0.29, 0.717) is 51.6 Å². The Hall–Kier alpha value is -13.7. The molecule has 1 saturated heterocycles. The van der Waals surface area contributed by atoms with Crippen molar-refractivity contribution in [3.63, 3.8) is 0 Å². The number of likely N-dealkylation sites (N-methyl/N-ethyl adjacent to an activating group) is 5. The van der Waals surface area contributed by atoms with Crippen molar-refractivity contribution in [3.8, 4) is 11.5 Å². The fourth-order valence-corrected chi connectivity index (χ4v) is 16.0. The lowest BCUT2D eigenvalue weighted by molar-refractivity contribution is -0.151. The summed E-state index contributed by atoms with van der Waals surface area (Å²) in [6, 6.07) is 32.7. The highest BCUT2D eigenvalue weighted by atomic mass is 32.2. The number of carboxylic acids is 1. The number of unbranched alkanes of at least 4 members (excludes halogenated alkanes) is 1. The Balaban J connectivity index is 1.22. The van der Waals surface area contributed by atoms with Crippen LogP contribution in [0.2, 0.25) is 0 Å². The van der Waals surface area contributed by atoms with Crippen LogP contribution in [0.1, 0.15) is 100 Å².